The number of fused-ring (bicyclic) bond motifs is 1. The van der Waals surface area contributed by atoms with Crippen molar-refractivity contribution in [2.45, 2.75) is 64.2 Å². The molecule has 0 radical (unpaired) electrons. The second-order valence-corrected chi connectivity index (χ2v) is 9.56. The van der Waals surface area contributed by atoms with Crippen LogP contribution in [-0.4, -0.2) is 67.2 Å². The lowest BCUT2D eigenvalue weighted by atomic mass is 9.93. The lowest BCUT2D eigenvalue weighted by Crippen LogP contribution is -2.42. The van der Waals surface area contributed by atoms with Crippen molar-refractivity contribution in [3.8, 4) is 11.6 Å². The van der Waals surface area contributed by atoms with E-state index in [1.807, 2.05) is 20.8 Å². The topological polar surface area (TPSA) is 95.0 Å². The first-order valence-corrected chi connectivity index (χ1v) is 11.6. The molecule has 1 N–H and O–H groups in total. The van der Waals surface area contributed by atoms with Gasteiger partial charge in [0.15, 0.2) is 0 Å². The number of carbonyl (C=O) groups excluding carboxylic acids is 1. The first-order valence-electron chi connectivity index (χ1n) is 11.6. The van der Waals surface area contributed by atoms with Crippen LogP contribution in [0.1, 0.15) is 46.5 Å². The highest BCUT2D eigenvalue weighted by molar-refractivity contribution is 5.92. The average molecular weight is 459 g/mol. The van der Waals surface area contributed by atoms with E-state index in [9.17, 15) is 4.79 Å². The minimum Gasteiger partial charge on any atom is -0.489 e. The van der Waals surface area contributed by atoms with Crippen LogP contribution in [0.4, 0.5) is 10.5 Å². The molecule has 1 amide bonds. The minimum absolute atomic E-state index is 0.0368. The number of ether oxygens (including phenoxy) is 4. The number of morpholine rings is 1. The maximum atomic E-state index is 12.1. The zero-order valence-corrected chi connectivity index (χ0v) is 19.9. The number of rotatable bonds is 5. The molecule has 2 heterocycles. The van der Waals surface area contributed by atoms with Crippen molar-refractivity contribution >= 4 is 22.7 Å². The lowest BCUT2D eigenvalue weighted by Gasteiger charge is -2.32. The molecule has 1 saturated heterocycles. The first-order chi connectivity index (χ1) is 15.8. The van der Waals surface area contributed by atoms with E-state index in [-0.39, 0.29) is 18.2 Å². The van der Waals surface area contributed by atoms with Crippen molar-refractivity contribution in [3.63, 3.8) is 0 Å². The lowest BCUT2D eigenvalue weighted by molar-refractivity contribution is 0.0471. The number of nitrogens with one attached hydrogen (secondary N) is 1. The van der Waals surface area contributed by atoms with E-state index in [0.29, 0.717) is 19.1 Å². The van der Waals surface area contributed by atoms with Gasteiger partial charge in [-0.1, -0.05) is 0 Å². The average Bonchev–Trinajstić information content (AvgIpc) is 2.79. The number of benzene rings is 1. The van der Waals surface area contributed by atoms with Crippen molar-refractivity contribution in [1.82, 2.24) is 15.3 Å². The molecule has 0 unspecified atom stereocenters. The molecule has 1 aliphatic heterocycles. The second-order valence-electron chi connectivity index (χ2n) is 9.56. The van der Waals surface area contributed by atoms with Crippen molar-refractivity contribution in [3.05, 3.63) is 18.5 Å². The van der Waals surface area contributed by atoms with Crippen LogP contribution >= 0.6 is 0 Å². The molecule has 1 aliphatic carbocycles. The molecule has 4 rings (SSSR count). The van der Waals surface area contributed by atoms with Gasteiger partial charge in [0, 0.05) is 30.9 Å². The highest BCUT2D eigenvalue weighted by Gasteiger charge is 2.27. The molecule has 0 bridgehead atoms. The van der Waals surface area contributed by atoms with Crippen LogP contribution in [0.5, 0.6) is 11.6 Å². The molecule has 9 heteroatoms. The van der Waals surface area contributed by atoms with E-state index >= 15 is 0 Å². The SMILES string of the molecule is COc1ncnc2cc(N3CCOCC3)cc(OC3CCC(NC(=O)OC(C)(C)C)CC3)c12. The van der Waals surface area contributed by atoms with Crippen LogP contribution in [0.2, 0.25) is 0 Å². The molecule has 180 valence electrons. The molecule has 33 heavy (non-hydrogen) atoms. The van der Waals surface area contributed by atoms with Gasteiger partial charge in [-0.3, -0.25) is 0 Å². The highest BCUT2D eigenvalue weighted by atomic mass is 16.6. The van der Waals surface area contributed by atoms with Gasteiger partial charge in [0.1, 0.15) is 23.1 Å². The third-order valence-corrected chi connectivity index (χ3v) is 5.91. The normalized spacial score (nSPS) is 21.5. The number of hydrogen-bond donors (Lipinski definition) is 1. The van der Waals surface area contributed by atoms with Gasteiger partial charge < -0.3 is 29.2 Å². The Labute approximate surface area is 194 Å². The van der Waals surface area contributed by atoms with Gasteiger partial charge in [0.2, 0.25) is 5.88 Å². The van der Waals surface area contributed by atoms with Crippen molar-refractivity contribution in [1.29, 1.82) is 0 Å². The van der Waals surface area contributed by atoms with Gasteiger partial charge in [-0.05, 0) is 52.5 Å². The predicted octanol–water partition coefficient (Wildman–Crippen LogP) is 3.69. The van der Waals surface area contributed by atoms with E-state index in [1.54, 1.807) is 7.11 Å². The molecule has 0 spiro atoms. The largest absolute Gasteiger partial charge is 0.489 e. The Balaban J connectivity index is 1.48. The summed E-state index contributed by atoms with van der Waals surface area (Å²) < 4.78 is 22.9. The van der Waals surface area contributed by atoms with Crippen molar-refractivity contribution in [2.75, 3.05) is 38.3 Å². The van der Waals surface area contributed by atoms with Gasteiger partial charge in [-0.2, -0.15) is 0 Å². The maximum Gasteiger partial charge on any atom is 0.407 e. The number of alkyl carbamates (subject to hydrolysis) is 1. The Kier molecular flexibility index (Phi) is 7.07. The molecular formula is C24H34N4O5. The van der Waals surface area contributed by atoms with Gasteiger partial charge in [-0.25, -0.2) is 14.8 Å². The number of hydrogen-bond acceptors (Lipinski definition) is 8. The molecular weight excluding hydrogens is 424 g/mol. The van der Waals surface area contributed by atoms with Crippen molar-refractivity contribution < 1.29 is 23.7 Å². The standard InChI is InChI=1S/C24H34N4O5/c1-24(2,3)33-23(29)27-16-5-7-18(8-6-16)32-20-14-17(28-9-11-31-12-10-28)13-19-21(20)22(30-4)26-15-25-19/h13-16,18H,5-12H2,1-4H3,(H,27,29). The Hall–Kier alpha value is -2.81. The van der Waals surface area contributed by atoms with Gasteiger partial charge in [-0.15, -0.1) is 0 Å². The van der Waals surface area contributed by atoms with Gasteiger partial charge >= 0.3 is 6.09 Å². The van der Waals surface area contributed by atoms with Crippen molar-refractivity contribution in [2.24, 2.45) is 0 Å². The van der Waals surface area contributed by atoms with Crippen LogP contribution in [0.15, 0.2) is 18.5 Å². The summed E-state index contributed by atoms with van der Waals surface area (Å²) in [6, 6.07) is 4.21. The summed E-state index contributed by atoms with van der Waals surface area (Å²) in [5.74, 6) is 1.23. The molecule has 2 fully saturated rings. The molecule has 1 saturated carbocycles. The number of anilines is 1. The predicted molar refractivity (Wildman–Crippen MR) is 125 cm³/mol. The quantitative estimate of drug-likeness (QED) is 0.725. The fraction of sp³-hybridized carbons (Fsp3) is 0.625. The zero-order valence-electron chi connectivity index (χ0n) is 19.9. The number of nitrogens with zero attached hydrogens (tertiary/aromatic N) is 3. The molecule has 1 aromatic carbocycles. The molecule has 2 aromatic rings. The summed E-state index contributed by atoms with van der Waals surface area (Å²) in [4.78, 5) is 23.2. The Morgan fingerprint density at radius 2 is 1.85 bits per heavy atom. The third kappa shape index (κ3) is 5.96. The monoisotopic (exact) mass is 458 g/mol. The molecule has 2 aliphatic rings. The van der Waals surface area contributed by atoms with Gasteiger partial charge in [0.25, 0.3) is 0 Å². The Bertz CT molecular complexity index is 963. The minimum atomic E-state index is -0.502. The summed E-state index contributed by atoms with van der Waals surface area (Å²) in [7, 11) is 1.61. The van der Waals surface area contributed by atoms with E-state index in [0.717, 1.165) is 61.1 Å². The zero-order chi connectivity index (χ0) is 23.4. The molecule has 0 atom stereocenters. The number of carbonyl (C=O) groups is 1. The fourth-order valence-electron chi connectivity index (χ4n) is 4.34. The summed E-state index contributed by atoms with van der Waals surface area (Å²) in [6.07, 6.45) is 4.52. The van der Waals surface area contributed by atoms with Crippen LogP contribution in [0.25, 0.3) is 10.9 Å². The smallest absolute Gasteiger partial charge is 0.407 e. The molecule has 9 nitrogen and oxygen atoms in total. The third-order valence-electron chi connectivity index (χ3n) is 5.91. The first kappa shape index (κ1) is 23.4. The van der Waals surface area contributed by atoms with E-state index in [1.165, 1.54) is 6.33 Å². The summed E-state index contributed by atoms with van der Waals surface area (Å²) in [6.45, 7) is 8.66. The maximum absolute atomic E-state index is 12.1. The van der Waals surface area contributed by atoms with Gasteiger partial charge in [0.05, 0.1) is 31.9 Å². The van der Waals surface area contributed by atoms with E-state index < -0.39 is 5.60 Å². The number of amides is 1. The number of methoxy groups -OCH3 is 1. The summed E-state index contributed by atoms with van der Waals surface area (Å²) in [5, 5.41) is 3.77. The summed E-state index contributed by atoms with van der Waals surface area (Å²) >= 11 is 0. The fourth-order valence-corrected chi connectivity index (χ4v) is 4.34. The van der Waals surface area contributed by atoms with Crippen LogP contribution in [0, 0.1) is 0 Å². The van der Waals surface area contributed by atoms with Crippen LogP contribution in [-0.2, 0) is 9.47 Å². The van der Waals surface area contributed by atoms with E-state index in [4.69, 9.17) is 18.9 Å². The van der Waals surface area contributed by atoms with E-state index in [2.05, 4.69) is 32.3 Å². The second kappa shape index (κ2) is 9.99. The van der Waals surface area contributed by atoms with Crippen LogP contribution in [0.3, 0.4) is 0 Å². The Morgan fingerprint density at radius 1 is 1.12 bits per heavy atom. The molecule has 1 aromatic heterocycles. The Morgan fingerprint density at radius 3 is 2.52 bits per heavy atom. The number of aromatic nitrogens is 2. The summed E-state index contributed by atoms with van der Waals surface area (Å²) in [5.41, 5.74) is 1.35. The highest BCUT2D eigenvalue weighted by Crippen LogP contribution is 2.37. The van der Waals surface area contributed by atoms with Crippen LogP contribution < -0.4 is 19.7 Å².